The van der Waals surface area contributed by atoms with Crippen LogP contribution < -0.4 is 5.32 Å². The first kappa shape index (κ1) is 10.8. The van der Waals surface area contributed by atoms with Crippen molar-refractivity contribution in [2.45, 2.75) is 19.3 Å². The van der Waals surface area contributed by atoms with Gasteiger partial charge >= 0.3 is 0 Å². The maximum Gasteiger partial charge on any atom is 0.182 e. The van der Waals surface area contributed by atoms with Crippen LogP contribution in [0.15, 0.2) is 12.7 Å². The van der Waals surface area contributed by atoms with Crippen LogP contribution in [0.5, 0.6) is 0 Å². The summed E-state index contributed by atoms with van der Waals surface area (Å²) in [6.45, 7) is 1.10. The lowest BCUT2D eigenvalue weighted by Crippen LogP contribution is -2.04. The summed E-state index contributed by atoms with van der Waals surface area (Å²) in [5, 5.41) is 11.9. The highest BCUT2D eigenvalue weighted by atomic mass is 16.2. The molecule has 0 aliphatic heterocycles. The van der Waals surface area contributed by atoms with Gasteiger partial charge in [-0.15, -0.1) is 0 Å². The van der Waals surface area contributed by atoms with Gasteiger partial charge in [-0.05, 0) is 19.3 Å². The van der Waals surface area contributed by atoms with Crippen LogP contribution in [-0.4, -0.2) is 38.2 Å². The highest BCUT2D eigenvalue weighted by molar-refractivity contribution is 5.81. The minimum absolute atomic E-state index is 0.262. The van der Waals surface area contributed by atoms with E-state index in [1.807, 2.05) is 0 Å². The van der Waals surface area contributed by atoms with Crippen molar-refractivity contribution >= 4 is 17.0 Å². The molecule has 6 nitrogen and oxygen atoms in total. The lowest BCUT2D eigenvalue weighted by Gasteiger charge is -2.04. The van der Waals surface area contributed by atoms with Crippen molar-refractivity contribution in [1.29, 1.82) is 0 Å². The molecule has 0 atom stereocenters. The van der Waals surface area contributed by atoms with Gasteiger partial charge in [0.2, 0.25) is 0 Å². The molecule has 0 amide bonds. The molecule has 0 aliphatic rings. The lowest BCUT2D eigenvalue weighted by atomic mass is 10.2. The summed E-state index contributed by atoms with van der Waals surface area (Å²) in [5.74, 6) is 0.784. The van der Waals surface area contributed by atoms with Crippen molar-refractivity contribution in [2.24, 2.45) is 0 Å². The van der Waals surface area contributed by atoms with Gasteiger partial charge in [-0.1, -0.05) is 0 Å². The van der Waals surface area contributed by atoms with Crippen molar-refractivity contribution in [3.05, 3.63) is 12.7 Å². The van der Waals surface area contributed by atoms with Gasteiger partial charge in [0.15, 0.2) is 11.5 Å². The molecule has 0 aliphatic carbocycles. The maximum atomic E-state index is 8.64. The number of aromatic amines is 1. The molecule has 0 bridgehead atoms. The number of aliphatic hydroxyl groups excluding tert-OH is 1. The molecule has 86 valence electrons. The topological polar surface area (TPSA) is 86.7 Å². The number of rotatable bonds is 6. The second-order valence-electron chi connectivity index (χ2n) is 3.53. The fourth-order valence-corrected chi connectivity index (χ4v) is 1.52. The largest absolute Gasteiger partial charge is 0.396 e. The summed E-state index contributed by atoms with van der Waals surface area (Å²) in [6.07, 6.45) is 5.99. The predicted octanol–water partition coefficient (Wildman–Crippen LogP) is 0.927. The number of hydrogen-bond donors (Lipinski definition) is 3. The molecule has 2 aromatic heterocycles. The van der Waals surface area contributed by atoms with Crippen LogP contribution in [0.25, 0.3) is 11.2 Å². The predicted molar refractivity (Wildman–Crippen MR) is 61.1 cm³/mol. The average molecular weight is 221 g/mol. The van der Waals surface area contributed by atoms with E-state index in [0.717, 1.165) is 37.1 Å². The first-order chi connectivity index (χ1) is 7.92. The molecular weight excluding hydrogens is 206 g/mol. The number of nitrogens with zero attached hydrogens (tertiary/aromatic N) is 3. The number of H-pyrrole nitrogens is 1. The van der Waals surface area contributed by atoms with Crippen LogP contribution in [-0.2, 0) is 0 Å². The summed E-state index contributed by atoms with van der Waals surface area (Å²) < 4.78 is 0. The van der Waals surface area contributed by atoms with Crippen LogP contribution in [0.2, 0.25) is 0 Å². The Morgan fingerprint density at radius 2 is 2.12 bits per heavy atom. The second-order valence-corrected chi connectivity index (χ2v) is 3.53. The van der Waals surface area contributed by atoms with E-state index in [2.05, 4.69) is 25.3 Å². The minimum atomic E-state index is 0.262. The van der Waals surface area contributed by atoms with Crippen LogP contribution in [0.4, 0.5) is 5.82 Å². The number of aromatic nitrogens is 4. The molecule has 0 saturated carbocycles. The Balaban J connectivity index is 1.91. The van der Waals surface area contributed by atoms with Crippen molar-refractivity contribution in [1.82, 2.24) is 19.9 Å². The zero-order chi connectivity index (χ0) is 11.2. The van der Waals surface area contributed by atoms with E-state index >= 15 is 0 Å². The maximum absolute atomic E-state index is 8.64. The third-order valence-corrected chi connectivity index (χ3v) is 2.35. The number of hydrogen-bond acceptors (Lipinski definition) is 5. The molecule has 0 spiro atoms. The molecule has 0 saturated heterocycles. The van der Waals surface area contributed by atoms with Gasteiger partial charge in [0, 0.05) is 13.2 Å². The molecule has 3 N–H and O–H groups in total. The van der Waals surface area contributed by atoms with Gasteiger partial charge in [0.1, 0.15) is 11.8 Å². The van der Waals surface area contributed by atoms with Crippen LogP contribution in [0.1, 0.15) is 19.3 Å². The molecule has 2 heterocycles. The van der Waals surface area contributed by atoms with E-state index in [0.29, 0.717) is 5.65 Å². The Labute approximate surface area is 93.1 Å². The number of unbranched alkanes of at least 4 members (excludes halogenated alkanes) is 2. The molecule has 6 heteroatoms. The average Bonchev–Trinajstić information content (AvgIpc) is 2.77. The van der Waals surface area contributed by atoms with Gasteiger partial charge < -0.3 is 15.4 Å². The fourth-order valence-electron chi connectivity index (χ4n) is 1.52. The minimum Gasteiger partial charge on any atom is -0.396 e. The second kappa shape index (κ2) is 5.41. The summed E-state index contributed by atoms with van der Waals surface area (Å²) in [5.41, 5.74) is 1.51. The molecule has 0 fully saturated rings. The molecular formula is C10H15N5O. The smallest absolute Gasteiger partial charge is 0.182 e. The van der Waals surface area contributed by atoms with Crippen molar-refractivity contribution in [3.8, 4) is 0 Å². The van der Waals surface area contributed by atoms with E-state index in [1.54, 1.807) is 6.33 Å². The fraction of sp³-hybridized carbons (Fsp3) is 0.500. The Hall–Kier alpha value is -1.69. The number of aliphatic hydroxyl groups is 1. The number of nitrogens with one attached hydrogen (secondary N) is 2. The van der Waals surface area contributed by atoms with E-state index in [9.17, 15) is 0 Å². The monoisotopic (exact) mass is 221 g/mol. The SMILES string of the molecule is OCCCCCNc1ncnc2nc[nH]c12. The third-order valence-electron chi connectivity index (χ3n) is 2.35. The molecule has 0 unspecified atom stereocenters. The van der Waals surface area contributed by atoms with Gasteiger partial charge in [0.05, 0.1) is 6.33 Å². The summed E-state index contributed by atoms with van der Waals surface area (Å²) >= 11 is 0. The first-order valence-corrected chi connectivity index (χ1v) is 5.40. The normalized spacial score (nSPS) is 10.8. The van der Waals surface area contributed by atoms with Gasteiger partial charge in [-0.2, -0.15) is 0 Å². The summed E-state index contributed by atoms with van der Waals surface area (Å²) in [6, 6.07) is 0. The Kier molecular flexibility index (Phi) is 3.66. The van der Waals surface area contributed by atoms with Crippen molar-refractivity contribution < 1.29 is 5.11 Å². The standard InChI is InChI=1S/C10H15N5O/c16-5-3-1-2-4-11-9-8-10(13-6-12-8)15-7-14-9/h6-7,16H,1-5H2,(H2,11,12,13,14,15). The third kappa shape index (κ3) is 2.46. The van der Waals surface area contributed by atoms with Gasteiger partial charge in [-0.3, -0.25) is 0 Å². The van der Waals surface area contributed by atoms with E-state index < -0.39 is 0 Å². The molecule has 2 aromatic rings. The number of fused-ring (bicyclic) bond motifs is 1. The van der Waals surface area contributed by atoms with E-state index in [4.69, 9.17) is 5.11 Å². The molecule has 16 heavy (non-hydrogen) atoms. The Morgan fingerprint density at radius 3 is 3.00 bits per heavy atom. The van der Waals surface area contributed by atoms with Crippen LogP contribution >= 0.6 is 0 Å². The Morgan fingerprint density at radius 1 is 1.19 bits per heavy atom. The molecule has 0 aromatic carbocycles. The first-order valence-electron chi connectivity index (χ1n) is 5.40. The quantitative estimate of drug-likeness (QED) is 0.632. The van der Waals surface area contributed by atoms with Crippen LogP contribution in [0.3, 0.4) is 0 Å². The lowest BCUT2D eigenvalue weighted by molar-refractivity contribution is 0.283. The summed E-state index contributed by atoms with van der Waals surface area (Å²) in [4.78, 5) is 15.2. The van der Waals surface area contributed by atoms with E-state index in [1.165, 1.54) is 6.33 Å². The molecule has 0 radical (unpaired) electrons. The van der Waals surface area contributed by atoms with Crippen molar-refractivity contribution in [3.63, 3.8) is 0 Å². The van der Waals surface area contributed by atoms with Gasteiger partial charge in [-0.25, -0.2) is 15.0 Å². The molecule has 2 rings (SSSR count). The zero-order valence-corrected chi connectivity index (χ0v) is 8.98. The zero-order valence-electron chi connectivity index (χ0n) is 8.98. The van der Waals surface area contributed by atoms with Gasteiger partial charge in [0.25, 0.3) is 0 Å². The van der Waals surface area contributed by atoms with Crippen molar-refractivity contribution in [2.75, 3.05) is 18.5 Å². The highest BCUT2D eigenvalue weighted by Crippen LogP contribution is 2.14. The van der Waals surface area contributed by atoms with E-state index in [-0.39, 0.29) is 6.61 Å². The highest BCUT2D eigenvalue weighted by Gasteiger charge is 2.03. The van der Waals surface area contributed by atoms with Crippen LogP contribution in [0, 0.1) is 0 Å². The Bertz CT molecular complexity index is 441. The number of anilines is 1. The number of imidazole rings is 1. The summed E-state index contributed by atoms with van der Waals surface area (Å²) in [7, 11) is 0.